The summed E-state index contributed by atoms with van der Waals surface area (Å²) in [6.07, 6.45) is 11.4. The van der Waals surface area contributed by atoms with Crippen molar-refractivity contribution in [3.05, 3.63) is 0 Å². The molecule has 0 bridgehead atoms. The SMILES string of the molecule is CN(CCOC1NN2CCCCC2C1I)CC1CCCCC1. The third kappa shape index (κ3) is 4.56. The van der Waals surface area contributed by atoms with Crippen molar-refractivity contribution in [2.45, 2.75) is 67.6 Å². The van der Waals surface area contributed by atoms with Crippen molar-refractivity contribution in [3.63, 3.8) is 0 Å². The highest BCUT2D eigenvalue weighted by molar-refractivity contribution is 14.1. The van der Waals surface area contributed by atoms with E-state index in [1.54, 1.807) is 0 Å². The molecule has 2 aliphatic heterocycles. The molecule has 3 fully saturated rings. The zero-order chi connectivity index (χ0) is 15.4. The van der Waals surface area contributed by atoms with E-state index in [0.29, 0.717) is 9.97 Å². The first kappa shape index (κ1) is 17.4. The lowest BCUT2D eigenvalue weighted by atomic mass is 9.89. The van der Waals surface area contributed by atoms with Crippen LogP contribution >= 0.6 is 22.6 Å². The molecule has 1 aliphatic carbocycles. The van der Waals surface area contributed by atoms with Crippen molar-refractivity contribution in [2.75, 3.05) is 33.3 Å². The Morgan fingerprint density at radius 3 is 2.68 bits per heavy atom. The lowest BCUT2D eigenvalue weighted by molar-refractivity contribution is 0.00820. The minimum absolute atomic E-state index is 0.215. The predicted molar refractivity (Wildman–Crippen MR) is 99.1 cm³/mol. The van der Waals surface area contributed by atoms with Crippen LogP contribution in [-0.2, 0) is 4.74 Å². The smallest absolute Gasteiger partial charge is 0.134 e. The summed E-state index contributed by atoms with van der Waals surface area (Å²) in [4.78, 5) is 2.47. The van der Waals surface area contributed by atoms with E-state index in [0.717, 1.165) is 19.1 Å². The van der Waals surface area contributed by atoms with Crippen LogP contribution in [0.5, 0.6) is 0 Å². The number of fused-ring (bicyclic) bond motifs is 1. The zero-order valence-electron chi connectivity index (χ0n) is 14.0. The van der Waals surface area contributed by atoms with Crippen molar-refractivity contribution in [3.8, 4) is 0 Å². The van der Waals surface area contributed by atoms with Crippen LogP contribution in [0.2, 0.25) is 0 Å². The molecule has 5 heteroatoms. The van der Waals surface area contributed by atoms with E-state index in [9.17, 15) is 0 Å². The Bertz CT molecular complexity index is 338. The molecule has 1 saturated carbocycles. The van der Waals surface area contributed by atoms with E-state index in [1.165, 1.54) is 64.5 Å². The highest BCUT2D eigenvalue weighted by Crippen LogP contribution is 2.30. The summed E-state index contributed by atoms with van der Waals surface area (Å²) < 4.78 is 6.75. The largest absolute Gasteiger partial charge is 0.360 e. The zero-order valence-corrected chi connectivity index (χ0v) is 16.1. The van der Waals surface area contributed by atoms with Crippen LogP contribution in [0.3, 0.4) is 0 Å². The molecule has 128 valence electrons. The molecule has 0 aromatic heterocycles. The molecule has 3 rings (SSSR count). The van der Waals surface area contributed by atoms with Crippen LogP contribution in [0.4, 0.5) is 0 Å². The molecular weight excluding hydrogens is 389 g/mol. The third-order valence-corrected chi connectivity index (χ3v) is 7.05. The molecule has 2 saturated heterocycles. The van der Waals surface area contributed by atoms with Gasteiger partial charge in [0.25, 0.3) is 0 Å². The van der Waals surface area contributed by atoms with Gasteiger partial charge in [0.2, 0.25) is 0 Å². The number of hydrogen-bond donors (Lipinski definition) is 1. The topological polar surface area (TPSA) is 27.7 Å². The lowest BCUT2D eigenvalue weighted by Crippen LogP contribution is -2.43. The minimum Gasteiger partial charge on any atom is -0.360 e. The predicted octanol–water partition coefficient (Wildman–Crippen LogP) is 3.02. The number of likely N-dealkylation sites (N-methyl/N-ethyl adjacent to an activating group) is 1. The second-order valence-electron chi connectivity index (χ2n) is 7.39. The summed E-state index contributed by atoms with van der Waals surface area (Å²) in [7, 11) is 2.25. The maximum atomic E-state index is 6.17. The van der Waals surface area contributed by atoms with Gasteiger partial charge in [0.15, 0.2) is 0 Å². The quantitative estimate of drug-likeness (QED) is 0.527. The highest BCUT2D eigenvalue weighted by Gasteiger charge is 2.41. The van der Waals surface area contributed by atoms with Gasteiger partial charge in [0.1, 0.15) is 6.23 Å². The molecule has 3 atom stereocenters. The fraction of sp³-hybridized carbons (Fsp3) is 1.00. The number of hydrogen-bond acceptors (Lipinski definition) is 4. The number of nitrogens with zero attached hydrogens (tertiary/aromatic N) is 2. The number of alkyl halides is 1. The summed E-state index contributed by atoms with van der Waals surface area (Å²) in [5.41, 5.74) is 3.58. The van der Waals surface area contributed by atoms with Crippen LogP contribution in [0, 0.1) is 5.92 Å². The summed E-state index contributed by atoms with van der Waals surface area (Å²) >= 11 is 2.59. The monoisotopic (exact) mass is 421 g/mol. The number of piperidine rings is 1. The molecule has 0 aromatic rings. The molecule has 2 heterocycles. The Kier molecular flexibility index (Phi) is 6.80. The fourth-order valence-electron chi connectivity index (χ4n) is 4.25. The summed E-state index contributed by atoms with van der Waals surface area (Å²) in [5.74, 6) is 0.926. The Morgan fingerprint density at radius 1 is 1.14 bits per heavy atom. The molecule has 4 nitrogen and oxygen atoms in total. The van der Waals surface area contributed by atoms with Gasteiger partial charge in [0.05, 0.1) is 10.5 Å². The maximum absolute atomic E-state index is 6.17. The van der Waals surface area contributed by atoms with Gasteiger partial charge < -0.3 is 9.64 Å². The van der Waals surface area contributed by atoms with Gasteiger partial charge in [-0.1, -0.05) is 48.3 Å². The van der Waals surface area contributed by atoms with Crippen molar-refractivity contribution in [1.29, 1.82) is 0 Å². The first-order valence-electron chi connectivity index (χ1n) is 9.21. The van der Waals surface area contributed by atoms with Crippen LogP contribution in [-0.4, -0.2) is 59.4 Å². The average molecular weight is 421 g/mol. The van der Waals surface area contributed by atoms with E-state index in [-0.39, 0.29) is 6.23 Å². The van der Waals surface area contributed by atoms with Gasteiger partial charge in [-0.15, -0.1) is 0 Å². The number of halogens is 1. The van der Waals surface area contributed by atoms with Gasteiger partial charge in [-0.3, -0.25) is 0 Å². The molecule has 0 amide bonds. The molecule has 0 aromatic carbocycles. The van der Waals surface area contributed by atoms with E-state index in [4.69, 9.17) is 4.74 Å². The normalized spacial score (nSPS) is 34.2. The van der Waals surface area contributed by atoms with E-state index < -0.39 is 0 Å². The number of hydrazine groups is 1. The average Bonchev–Trinajstić information content (AvgIpc) is 2.85. The van der Waals surface area contributed by atoms with Gasteiger partial charge in [-0.05, 0) is 38.6 Å². The molecule has 3 unspecified atom stereocenters. The van der Waals surface area contributed by atoms with Crippen LogP contribution in [0.1, 0.15) is 51.4 Å². The van der Waals surface area contributed by atoms with Gasteiger partial charge in [-0.25, -0.2) is 10.4 Å². The Labute approximate surface area is 149 Å². The molecule has 3 aliphatic rings. The second kappa shape index (κ2) is 8.60. The summed E-state index contributed by atoms with van der Waals surface area (Å²) in [5, 5.41) is 2.43. The van der Waals surface area contributed by atoms with E-state index >= 15 is 0 Å². The van der Waals surface area contributed by atoms with Crippen molar-refractivity contribution in [1.82, 2.24) is 15.3 Å². The van der Waals surface area contributed by atoms with Crippen molar-refractivity contribution >= 4 is 22.6 Å². The Balaban J connectivity index is 1.34. The fourth-order valence-corrected chi connectivity index (χ4v) is 5.37. The van der Waals surface area contributed by atoms with Crippen LogP contribution in [0.15, 0.2) is 0 Å². The van der Waals surface area contributed by atoms with E-state index in [2.05, 4.69) is 45.0 Å². The third-order valence-electron chi connectivity index (χ3n) is 5.56. The number of nitrogens with one attached hydrogen (secondary N) is 1. The van der Waals surface area contributed by atoms with Gasteiger partial charge >= 0.3 is 0 Å². The summed E-state index contributed by atoms with van der Waals surface area (Å²) in [6.45, 7) is 4.35. The number of ether oxygens (including phenoxy) is 1. The highest BCUT2D eigenvalue weighted by atomic mass is 127. The maximum Gasteiger partial charge on any atom is 0.134 e. The number of rotatable bonds is 6. The minimum atomic E-state index is 0.215. The van der Waals surface area contributed by atoms with Crippen LogP contribution < -0.4 is 5.43 Å². The Morgan fingerprint density at radius 2 is 1.91 bits per heavy atom. The molecule has 0 spiro atoms. The standard InChI is InChI=1S/C17H32IN3O/c1-20(13-14-7-3-2-4-8-14)11-12-22-17-16(18)15-9-5-6-10-21(15)19-17/h14-17,19H,2-13H2,1H3. The van der Waals surface area contributed by atoms with Crippen molar-refractivity contribution in [2.24, 2.45) is 5.92 Å². The molecular formula is C17H32IN3O. The Hall–Kier alpha value is 0.570. The molecule has 0 radical (unpaired) electrons. The first-order valence-corrected chi connectivity index (χ1v) is 10.5. The molecule has 22 heavy (non-hydrogen) atoms. The van der Waals surface area contributed by atoms with Crippen molar-refractivity contribution < 1.29 is 4.74 Å². The van der Waals surface area contributed by atoms with E-state index in [1.807, 2.05) is 0 Å². The van der Waals surface area contributed by atoms with Gasteiger partial charge in [-0.2, -0.15) is 0 Å². The lowest BCUT2D eigenvalue weighted by Gasteiger charge is -2.29. The van der Waals surface area contributed by atoms with Gasteiger partial charge in [0, 0.05) is 25.7 Å². The summed E-state index contributed by atoms with van der Waals surface area (Å²) in [6, 6.07) is 0.680. The first-order chi connectivity index (χ1) is 10.7. The molecule has 1 N–H and O–H groups in total. The van der Waals surface area contributed by atoms with Crippen LogP contribution in [0.25, 0.3) is 0 Å². The second-order valence-corrected chi connectivity index (χ2v) is 8.83.